The summed E-state index contributed by atoms with van der Waals surface area (Å²) in [6, 6.07) is 8.79. The predicted molar refractivity (Wildman–Crippen MR) is 72.3 cm³/mol. The van der Waals surface area contributed by atoms with Gasteiger partial charge in [0.15, 0.2) is 0 Å². The van der Waals surface area contributed by atoms with E-state index < -0.39 is 22.3 Å². The second kappa shape index (κ2) is 6.00. The third-order valence-corrected chi connectivity index (χ3v) is 2.79. The molecule has 0 saturated heterocycles. The Hall–Kier alpha value is -2.96. The van der Waals surface area contributed by atoms with E-state index in [0.717, 1.165) is 18.2 Å². The van der Waals surface area contributed by atoms with Crippen LogP contribution in [0.5, 0.6) is 5.75 Å². The molecule has 0 aliphatic heterocycles. The fourth-order valence-electron chi connectivity index (χ4n) is 1.74. The summed E-state index contributed by atoms with van der Waals surface area (Å²) in [6.45, 7) is 0.104. The molecular formula is C14H11FN2O4. The van der Waals surface area contributed by atoms with Crippen LogP contribution in [-0.2, 0) is 6.54 Å². The fourth-order valence-corrected chi connectivity index (χ4v) is 1.74. The van der Waals surface area contributed by atoms with E-state index in [1.807, 2.05) is 0 Å². The van der Waals surface area contributed by atoms with E-state index in [2.05, 4.69) is 5.32 Å². The molecular weight excluding hydrogens is 279 g/mol. The summed E-state index contributed by atoms with van der Waals surface area (Å²) in [7, 11) is 0. The summed E-state index contributed by atoms with van der Waals surface area (Å²) in [6.07, 6.45) is 0. The van der Waals surface area contributed by atoms with Crippen molar-refractivity contribution in [3.8, 4) is 5.75 Å². The van der Waals surface area contributed by atoms with Crippen LogP contribution in [0.2, 0.25) is 0 Å². The quantitative estimate of drug-likeness (QED) is 0.668. The molecule has 108 valence electrons. The highest BCUT2D eigenvalue weighted by Gasteiger charge is 2.20. The zero-order valence-corrected chi connectivity index (χ0v) is 10.7. The zero-order valence-electron chi connectivity index (χ0n) is 10.7. The number of hydrogen-bond donors (Lipinski definition) is 2. The van der Waals surface area contributed by atoms with E-state index in [1.54, 1.807) is 12.1 Å². The minimum absolute atomic E-state index is 0.0887. The molecule has 0 aliphatic carbocycles. The molecule has 0 heterocycles. The molecule has 0 unspecified atom stereocenters. The van der Waals surface area contributed by atoms with Gasteiger partial charge in [-0.1, -0.05) is 12.1 Å². The number of carbonyl (C=O) groups is 1. The van der Waals surface area contributed by atoms with Crippen molar-refractivity contribution in [3.63, 3.8) is 0 Å². The van der Waals surface area contributed by atoms with Gasteiger partial charge >= 0.3 is 0 Å². The van der Waals surface area contributed by atoms with E-state index in [-0.39, 0.29) is 17.9 Å². The second-order valence-corrected chi connectivity index (χ2v) is 4.27. The maximum atomic E-state index is 13.1. The van der Waals surface area contributed by atoms with Crippen LogP contribution < -0.4 is 5.32 Å². The van der Waals surface area contributed by atoms with Crippen molar-refractivity contribution < 1.29 is 19.2 Å². The molecule has 0 fully saturated rings. The average Bonchev–Trinajstić information content (AvgIpc) is 2.46. The molecule has 2 rings (SSSR count). The van der Waals surface area contributed by atoms with Crippen LogP contribution in [0.3, 0.4) is 0 Å². The lowest BCUT2D eigenvalue weighted by Gasteiger charge is -2.06. The first-order valence-electron chi connectivity index (χ1n) is 5.97. The van der Waals surface area contributed by atoms with Crippen molar-refractivity contribution in [1.29, 1.82) is 0 Å². The van der Waals surface area contributed by atoms with E-state index in [0.29, 0.717) is 5.56 Å². The lowest BCUT2D eigenvalue weighted by Crippen LogP contribution is -2.23. The van der Waals surface area contributed by atoms with Gasteiger partial charge < -0.3 is 10.4 Å². The maximum absolute atomic E-state index is 13.1. The number of phenolic OH excluding ortho intramolecular Hbond substituents is 1. The summed E-state index contributed by atoms with van der Waals surface area (Å²) in [4.78, 5) is 22.0. The maximum Gasteiger partial charge on any atom is 0.282 e. The monoisotopic (exact) mass is 290 g/mol. The van der Waals surface area contributed by atoms with Crippen molar-refractivity contribution in [3.05, 3.63) is 69.5 Å². The summed E-state index contributed by atoms with van der Waals surface area (Å²) in [5.41, 5.74) is -0.0985. The topological polar surface area (TPSA) is 92.5 Å². The minimum atomic E-state index is -0.741. The van der Waals surface area contributed by atoms with Crippen LogP contribution in [0, 0.1) is 15.9 Å². The van der Waals surface area contributed by atoms with Crippen LogP contribution in [0.25, 0.3) is 0 Å². The van der Waals surface area contributed by atoms with Crippen molar-refractivity contribution in [2.24, 2.45) is 0 Å². The lowest BCUT2D eigenvalue weighted by atomic mass is 10.1. The van der Waals surface area contributed by atoms with Crippen molar-refractivity contribution in [1.82, 2.24) is 5.32 Å². The van der Waals surface area contributed by atoms with E-state index in [1.165, 1.54) is 12.1 Å². The highest BCUT2D eigenvalue weighted by molar-refractivity contribution is 5.98. The number of halogens is 1. The number of nitrogens with zero attached hydrogens (tertiary/aromatic N) is 1. The van der Waals surface area contributed by atoms with Crippen LogP contribution in [-0.4, -0.2) is 15.9 Å². The van der Waals surface area contributed by atoms with Gasteiger partial charge in [0.25, 0.3) is 11.6 Å². The van der Waals surface area contributed by atoms with Gasteiger partial charge in [0.05, 0.1) is 4.92 Å². The number of hydrogen-bond acceptors (Lipinski definition) is 4. The van der Waals surface area contributed by atoms with Gasteiger partial charge in [-0.05, 0) is 29.8 Å². The molecule has 2 aromatic carbocycles. The number of rotatable bonds is 4. The largest absolute Gasteiger partial charge is 0.508 e. The van der Waals surface area contributed by atoms with Crippen molar-refractivity contribution >= 4 is 11.6 Å². The third kappa shape index (κ3) is 3.53. The van der Waals surface area contributed by atoms with Crippen molar-refractivity contribution in [2.45, 2.75) is 6.54 Å². The standard InChI is InChI=1S/C14H11FN2O4/c15-10-3-6-13(17(20)21)12(7-10)14(19)16-8-9-1-4-11(18)5-2-9/h1-7,18H,8H2,(H,16,19). The Morgan fingerprint density at radius 3 is 2.52 bits per heavy atom. The minimum Gasteiger partial charge on any atom is -0.508 e. The number of nitro benzene ring substituents is 1. The van der Waals surface area contributed by atoms with E-state index in [4.69, 9.17) is 5.11 Å². The number of aromatic hydroxyl groups is 1. The number of nitrogens with one attached hydrogen (secondary N) is 1. The SMILES string of the molecule is O=C(NCc1ccc(O)cc1)c1cc(F)ccc1[N+](=O)[O-]. The molecule has 0 aliphatic rings. The molecule has 2 aromatic rings. The Morgan fingerprint density at radius 2 is 1.90 bits per heavy atom. The Morgan fingerprint density at radius 1 is 1.24 bits per heavy atom. The molecule has 1 amide bonds. The van der Waals surface area contributed by atoms with Gasteiger partial charge in [-0.3, -0.25) is 14.9 Å². The molecule has 0 saturated carbocycles. The smallest absolute Gasteiger partial charge is 0.282 e. The first-order valence-corrected chi connectivity index (χ1v) is 5.97. The number of phenols is 1. The number of benzene rings is 2. The van der Waals surface area contributed by atoms with Gasteiger partial charge in [-0.15, -0.1) is 0 Å². The number of nitro groups is 1. The zero-order chi connectivity index (χ0) is 15.4. The van der Waals surface area contributed by atoms with Gasteiger partial charge in [-0.2, -0.15) is 0 Å². The summed E-state index contributed by atoms with van der Waals surface area (Å²) in [5.74, 6) is -1.38. The van der Waals surface area contributed by atoms with Gasteiger partial charge in [0.2, 0.25) is 0 Å². The lowest BCUT2D eigenvalue weighted by molar-refractivity contribution is -0.385. The highest BCUT2D eigenvalue weighted by atomic mass is 19.1. The van der Waals surface area contributed by atoms with Crippen LogP contribution >= 0.6 is 0 Å². The third-order valence-electron chi connectivity index (χ3n) is 2.79. The molecule has 0 radical (unpaired) electrons. The highest BCUT2D eigenvalue weighted by Crippen LogP contribution is 2.19. The Kier molecular flexibility index (Phi) is 4.13. The first-order chi connectivity index (χ1) is 9.97. The summed E-state index contributed by atoms with van der Waals surface area (Å²) < 4.78 is 13.1. The number of carbonyl (C=O) groups excluding carboxylic acids is 1. The van der Waals surface area contributed by atoms with Crippen molar-refractivity contribution in [2.75, 3.05) is 0 Å². The van der Waals surface area contributed by atoms with Gasteiger partial charge in [0.1, 0.15) is 17.1 Å². The molecule has 2 N–H and O–H groups in total. The van der Waals surface area contributed by atoms with Gasteiger partial charge in [-0.25, -0.2) is 4.39 Å². The Labute approximate surface area is 119 Å². The summed E-state index contributed by atoms with van der Waals surface area (Å²) >= 11 is 0. The average molecular weight is 290 g/mol. The molecule has 0 spiro atoms. The fraction of sp³-hybridized carbons (Fsp3) is 0.0714. The van der Waals surface area contributed by atoms with E-state index >= 15 is 0 Å². The Balaban J connectivity index is 2.15. The first kappa shape index (κ1) is 14.4. The predicted octanol–water partition coefficient (Wildman–Crippen LogP) is 2.37. The van der Waals surface area contributed by atoms with Gasteiger partial charge in [0, 0.05) is 12.6 Å². The second-order valence-electron chi connectivity index (χ2n) is 4.27. The molecule has 6 nitrogen and oxygen atoms in total. The van der Waals surface area contributed by atoms with Crippen LogP contribution in [0.4, 0.5) is 10.1 Å². The normalized spacial score (nSPS) is 10.1. The van der Waals surface area contributed by atoms with Crippen LogP contribution in [0.15, 0.2) is 42.5 Å². The number of amides is 1. The molecule has 0 aromatic heterocycles. The molecule has 0 atom stereocenters. The molecule has 21 heavy (non-hydrogen) atoms. The van der Waals surface area contributed by atoms with Crippen LogP contribution in [0.1, 0.15) is 15.9 Å². The molecule has 7 heteroatoms. The molecule has 0 bridgehead atoms. The van der Waals surface area contributed by atoms with E-state index in [9.17, 15) is 19.3 Å². The summed E-state index contributed by atoms with van der Waals surface area (Å²) in [5, 5.41) is 22.4. The Bertz CT molecular complexity index is 686.